The highest BCUT2D eigenvalue weighted by Crippen LogP contribution is 2.28. The average Bonchev–Trinajstić information content (AvgIpc) is 2.23. The molecule has 3 N–H and O–H groups in total. The average molecular weight is 257 g/mol. The van der Waals surface area contributed by atoms with Gasteiger partial charge in [0, 0.05) is 12.3 Å². The molecule has 0 fully saturated rings. The molecule has 0 unspecified atom stereocenters. The lowest BCUT2D eigenvalue weighted by Gasteiger charge is -2.08. The molecule has 0 saturated heterocycles. The maximum absolute atomic E-state index is 13.4. The summed E-state index contributed by atoms with van der Waals surface area (Å²) in [5.74, 6) is -1.26. The van der Waals surface area contributed by atoms with E-state index in [4.69, 9.17) is 17.3 Å². The van der Waals surface area contributed by atoms with Crippen LogP contribution in [0.4, 0.5) is 26.2 Å². The number of benzene rings is 1. The van der Waals surface area contributed by atoms with Crippen molar-refractivity contribution >= 4 is 29.1 Å². The molecule has 0 spiro atoms. The van der Waals surface area contributed by atoms with Crippen molar-refractivity contribution in [1.29, 1.82) is 0 Å². The minimum Gasteiger partial charge on any atom is -0.368 e. The molecule has 7 heteroatoms. The van der Waals surface area contributed by atoms with Crippen LogP contribution in [0.3, 0.4) is 0 Å². The highest BCUT2D eigenvalue weighted by molar-refractivity contribution is 6.33. The molecule has 0 radical (unpaired) electrons. The smallest absolute Gasteiger partial charge is 0.221 e. The molecule has 0 aliphatic rings. The Kier molecular flexibility index (Phi) is 3.06. The lowest BCUT2D eigenvalue weighted by atomic mass is 10.3. The van der Waals surface area contributed by atoms with Crippen molar-refractivity contribution in [2.24, 2.45) is 0 Å². The first-order chi connectivity index (χ1) is 8.06. The SMILES string of the molecule is Nc1nccc(Nc2c(F)cc(F)cc2Cl)n1. The Morgan fingerprint density at radius 3 is 2.71 bits per heavy atom. The number of anilines is 3. The summed E-state index contributed by atoms with van der Waals surface area (Å²) in [5, 5.41) is 2.52. The number of halogens is 3. The molecule has 0 aliphatic carbocycles. The van der Waals surface area contributed by atoms with Crippen LogP contribution in [0.15, 0.2) is 24.4 Å². The summed E-state index contributed by atoms with van der Waals surface area (Å²) in [6.45, 7) is 0. The van der Waals surface area contributed by atoms with Gasteiger partial charge in [0.2, 0.25) is 5.95 Å². The second-order valence-corrected chi connectivity index (χ2v) is 3.58. The van der Waals surface area contributed by atoms with E-state index in [0.717, 1.165) is 12.1 Å². The second kappa shape index (κ2) is 4.50. The van der Waals surface area contributed by atoms with E-state index in [-0.39, 0.29) is 22.5 Å². The zero-order valence-corrected chi connectivity index (χ0v) is 9.17. The number of nitrogens with two attached hydrogens (primary N) is 1. The monoisotopic (exact) mass is 256 g/mol. The molecule has 0 aliphatic heterocycles. The van der Waals surface area contributed by atoms with Crippen LogP contribution in [0.2, 0.25) is 5.02 Å². The molecule has 2 rings (SSSR count). The fourth-order valence-corrected chi connectivity index (χ4v) is 1.47. The lowest BCUT2D eigenvalue weighted by Crippen LogP contribution is -2.01. The van der Waals surface area contributed by atoms with E-state index in [9.17, 15) is 8.78 Å². The van der Waals surface area contributed by atoms with Crippen LogP contribution in [-0.2, 0) is 0 Å². The van der Waals surface area contributed by atoms with Crippen molar-refractivity contribution in [3.63, 3.8) is 0 Å². The molecular weight excluding hydrogens is 250 g/mol. The van der Waals surface area contributed by atoms with E-state index in [2.05, 4.69) is 15.3 Å². The zero-order valence-electron chi connectivity index (χ0n) is 8.42. The Morgan fingerprint density at radius 1 is 1.29 bits per heavy atom. The van der Waals surface area contributed by atoms with Crippen LogP contribution in [-0.4, -0.2) is 9.97 Å². The maximum Gasteiger partial charge on any atom is 0.221 e. The number of hydrogen-bond acceptors (Lipinski definition) is 4. The Morgan fingerprint density at radius 2 is 2.06 bits per heavy atom. The number of rotatable bonds is 2. The summed E-state index contributed by atoms with van der Waals surface area (Å²) in [5.41, 5.74) is 5.30. The first-order valence-corrected chi connectivity index (χ1v) is 4.94. The second-order valence-electron chi connectivity index (χ2n) is 3.17. The Bertz CT molecular complexity index is 539. The van der Waals surface area contributed by atoms with Crippen LogP contribution in [0.25, 0.3) is 0 Å². The third-order valence-corrected chi connectivity index (χ3v) is 2.23. The summed E-state index contributed by atoms with van der Waals surface area (Å²) in [6.07, 6.45) is 1.40. The fraction of sp³-hybridized carbons (Fsp3) is 0. The first kappa shape index (κ1) is 11.5. The van der Waals surface area contributed by atoms with Crippen molar-refractivity contribution in [3.05, 3.63) is 41.1 Å². The highest BCUT2D eigenvalue weighted by atomic mass is 35.5. The van der Waals surface area contributed by atoms with E-state index in [0.29, 0.717) is 0 Å². The molecule has 2 aromatic rings. The van der Waals surface area contributed by atoms with E-state index in [1.54, 1.807) is 0 Å². The van der Waals surface area contributed by atoms with E-state index < -0.39 is 11.6 Å². The van der Waals surface area contributed by atoms with E-state index in [1.165, 1.54) is 12.3 Å². The molecule has 0 amide bonds. The van der Waals surface area contributed by atoms with Crippen LogP contribution in [0.5, 0.6) is 0 Å². The van der Waals surface area contributed by atoms with Crippen LogP contribution in [0, 0.1) is 11.6 Å². The van der Waals surface area contributed by atoms with Gasteiger partial charge in [-0.3, -0.25) is 0 Å². The van der Waals surface area contributed by atoms with Gasteiger partial charge >= 0.3 is 0 Å². The van der Waals surface area contributed by atoms with Gasteiger partial charge in [-0.05, 0) is 12.1 Å². The topological polar surface area (TPSA) is 63.8 Å². The molecular formula is C10H7ClF2N4. The van der Waals surface area contributed by atoms with E-state index >= 15 is 0 Å². The van der Waals surface area contributed by atoms with Gasteiger partial charge in [-0.25, -0.2) is 13.8 Å². The van der Waals surface area contributed by atoms with Crippen LogP contribution < -0.4 is 11.1 Å². The Hall–Kier alpha value is -1.95. The highest BCUT2D eigenvalue weighted by Gasteiger charge is 2.10. The molecule has 88 valence electrons. The number of nitrogen functional groups attached to an aromatic ring is 1. The molecule has 0 bridgehead atoms. The van der Waals surface area contributed by atoms with Crippen LogP contribution >= 0.6 is 11.6 Å². The Labute approximate surface area is 100 Å². The summed E-state index contributed by atoms with van der Waals surface area (Å²) in [6, 6.07) is 3.20. The molecule has 0 saturated carbocycles. The van der Waals surface area contributed by atoms with Gasteiger partial charge in [-0.15, -0.1) is 0 Å². The number of hydrogen-bond donors (Lipinski definition) is 2. The van der Waals surface area contributed by atoms with Gasteiger partial charge in [0.25, 0.3) is 0 Å². The standard InChI is InChI=1S/C10H7ClF2N4/c11-6-3-5(12)4-7(13)9(6)16-8-1-2-15-10(14)17-8/h1-4H,(H3,14,15,16,17). The molecule has 1 aromatic carbocycles. The predicted octanol–water partition coefficient (Wildman–Crippen LogP) is 2.73. The molecule has 1 heterocycles. The predicted molar refractivity (Wildman–Crippen MR) is 61.1 cm³/mol. The van der Waals surface area contributed by atoms with E-state index in [1.807, 2.05) is 0 Å². The molecule has 1 aromatic heterocycles. The first-order valence-electron chi connectivity index (χ1n) is 4.56. The van der Waals surface area contributed by atoms with Crippen LogP contribution in [0.1, 0.15) is 0 Å². The van der Waals surface area contributed by atoms with Gasteiger partial charge in [0.1, 0.15) is 11.6 Å². The summed E-state index contributed by atoms with van der Waals surface area (Å²) < 4.78 is 26.2. The van der Waals surface area contributed by atoms with Crippen molar-refractivity contribution in [2.45, 2.75) is 0 Å². The Balaban J connectivity index is 2.36. The minimum atomic E-state index is -0.813. The van der Waals surface area contributed by atoms with Gasteiger partial charge in [-0.2, -0.15) is 4.98 Å². The number of nitrogens with one attached hydrogen (secondary N) is 1. The maximum atomic E-state index is 13.4. The zero-order chi connectivity index (χ0) is 12.4. The largest absolute Gasteiger partial charge is 0.368 e. The molecule has 4 nitrogen and oxygen atoms in total. The summed E-state index contributed by atoms with van der Waals surface area (Å²) in [4.78, 5) is 7.49. The summed E-state index contributed by atoms with van der Waals surface area (Å²) in [7, 11) is 0. The molecule has 17 heavy (non-hydrogen) atoms. The molecule has 0 atom stereocenters. The number of nitrogens with zero attached hydrogens (tertiary/aromatic N) is 2. The third-order valence-electron chi connectivity index (χ3n) is 1.93. The fourth-order valence-electron chi connectivity index (χ4n) is 1.23. The van der Waals surface area contributed by atoms with Gasteiger partial charge in [0.05, 0.1) is 10.7 Å². The van der Waals surface area contributed by atoms with Crippen molar-refractivity contribution < 1.29 is 8.78 Å². The quantitative estimate of drug-likeness (QED) is 0.867. The number of aromatic nitrogens is 2. The minimum absolute atomic E-state index is 0.0358. The van der Waals surface area contributed by atoms with Gasteiger partial charge in [0.15, 0.2) is 5.82 Å². The van der Waals surface area contributed by atoms with Crippen molar-refractivity contribution in [3.8, 4) is 0 Å². The van der Waals surface area contributed by atoms with Crippen molar-refractivity contribution in [2.75, 3.05) is 11.1 Å². The normalized spacial score (nSPS) is 10.3. The van der Waals surface area contributed by atoms with Crippen molar-refractivity contribution in [1.82, 2.24) is 9.97 Å². The lowest BCUT2D eigenvalue weighted by molar-refractivity contribution is 0.586. The summed E-state index contributed by atoms with van der Waals surface area (Å²) >= 11 is 5.71. The van der Waals surface area contributed by atoms with Gasteiger partial charge < -0.3 is 11.1 Å². The van der Waals surface area contributed by atoms with Gasteiger partial charge in [-0.1, -0.05) is 11.6 Å². The third kappa shape index (κ3) is 2.59.